The van der Waals surface area contributed by atoms with Gasteiger partial charge in [0.15, 0.2) is 0 Å². The van der Waals surface area contributed by atoms with E-state index in [1.807, 2.05) is 39.0 Å². The molecular weight excluding hydrogens is 460 g/mol. The molecule has 7 nitrogen and oxygen atoms in total. The van der Waals surface area contributed by atoms with E-state index < -0.39 is 22.4 Å². The van der Waals surface area contributed by atoms with Crippen molar-refractivity contribution in [2.45, 2.75) is 94.4 Å². The minimum absolute atomic E-state index is 0.00236. The predicted molar refractivity (Wildman–Crippen MR) is 128 cm³/mol. The van der Waals surface area contributed by atoms with Crippen LogP contribution >= 0.6 is 0 Å². The zero-order valence-corrected chi connectivity index (χ0v) is 21.4. The van der Waals surface area contributed by atoms with Crippen LogP contribution in [0.5, 0.6) is 0 Å². The summed E-state index contributed by atoms with van der Waals surface area (Å²) in [5.74, 6) is -0.793. The Kier molecular flexibility index (Phi) is 4.45. The Morgan fingerprint density at radius 1 is 1.06 bits per heavy atom. The van der Waals surface area contributed by atoms with Gasteiger partial charge in [0, 0.05) is 29.4 Å². The van der Waals surface area contributed by atoms with E-state index in [4.69, 9.17) is 14.2 Å². The molecule has 194 valence electrons. The molecule has 0 bridgehead atoms. The highest BCUT2D eigenvalue weighted by Gasteiger charge is 2.82. The number of epoxide rings is 1. The summed E-state index contributed by atoms with van der Waals surface area (Å²) in [6.07, 6.45) is 10.2. The summed E-state index contributed by atoms with van der Waals surface area (Å²) in [5, 5.41) is 24.7. The molecule has 0 radical (unpaired) electrons. The van der Waals surface area contributed by atoms with E-state index >= 15 is 0 Å². The summed E-state index contributed by atoms with van der Waals surface area (Å²) in [6, 6.07) is 0. The molecule has 1 saturated heterocycles. The fraction of sp³-hybridized carbons (Fsp3) is 0.724. The van der Waals surface area contributed by atoms with Crippen LogP contribution < -0.4 is 0 Å². The van der Waals surface area contributed by atoms with Crippen molar-refractivity contribution in [3.05, 3.63) is 35.5 Å². The molecule has 7 rings (SSSR count). The first-order chi connectivity index (χ1) is 16.9. The molecule has 1 spiro atoms. The normalized spacial score (nSPS) is 53.9. The molecule has 0 amide bonds. The van der Waals surface area contributed by atoms with Crippen LogP contribution in [0.25, 0.3) is 0 Å². The number of allylic oxidation sites excluding steroid dienone is 1. The van der Waals surface area contributed by atoms with Crippen molar-refractivity contribution < 1.29 is 34.0 Å². The second-order valence-electron chi connectivity index (χ2n) is 13.1. The fourth-order valence-corrected chi connectivity index (χ4v) is 9.62. The van der Waals surface area contributed by atoms with Crippen LogP contribution in [0, 0.1) is 35.5 Å². The van der Waals surface area contributed by atoms with Crippen LogP contribution in [0.15, 0.2) is 35.5 Å². The number of carbonyl (C=O) groups excluding carboxylic acids is 2. The number of aliphatic hydroxyl groups is 2. The van der Waals surface area contributed by atoms with Crippen LogP contribution in [0.4, 0.5) is 0 Å². The third-order valence-corrected chi connectivity index (χ3v) is 11.1. The second-order valence-corrected chi connectivity index (χ2v) is 13.1. The van der Waals surface area contributed by atoms with Crippen LogP contribution in [-0.2, 0) is 23.8 Å². The average Bonchev–Trinajstić information content (AvgIpc) is 3.50. The summed E-state index contributed by atoms with van der Waals surface area (Å²) in [5.41, 5.74) is -2.00. The highest BCUT2D eigenvalue weighted by molar-refractivity contribution is 5.88. The van der Waals surface area contributed by atoms with Gasteiger partial charge in [-0.05, 0) is 82.3 Å². The van der Waals surface area contributed by atoms with Crippen molar-refractivity contribution in [2.75, 3.05) is 0 Å². The lowest BCUT2D eigenvalue weighted by molar-refractivity contribution is -0.199. The lowest BCUT2D eigenvalue weighted by Gasteiger charge is -2.55. The van der Waals surface area contributed by atoms with E-state index in [-0.39, 0.29) is 59.7 Å². The summed E-state index contributed by atoms with van der Waals surface area (Å²) in [4.78, 5) is 24.5. The third-order valence-electron chi connectivity index (χ3n) is 11.1. The molecule has 0 aromatic carbocycles. The Morgan fingerprint density at radius 3 is 2.61 bits per heavy atom. The first kappa shape index (κ1) is 23.2. The molecule has 36 heavy (non-hydrogen) atoms. The van der Waals surface area contributed by atoms with Gasteiger partial charge in [-0.3, -0.25) is 0 Å². The van der Waals surface area contributed by atoms with Crippen molar-refractivity contribution in [1.29, 1.82) is 0 Å². The minimum Gasteiger partial charge on any atom is -0.458 e. The molecule has 3 heterocycles. The number of cyclic esters (lactones) is 1. The Hall–Kier alpha value is -1.96. The highest BCUT2D eigenvalue weighted by atomic mass is 16.6. The van der Waals surface area contributed by atoms with Gasteiger partial charge in [0.25, 0.3) is 0 Å². The molecule has 7 aliphatic rings. The van der Waals surface area contributed by atoms with Gasteiger partial charge in [-0.25, -0.2) is 9.59 Å². The molecule has 0 unspecified atom stereocenters. The van der Waals surface area contributed by atoms with Gasteiger partial charge >= 0.3 is 11.9 Å². The van der Waals surface area contributed by atoms with Crippen molar-refractivity contribution in [2.24, 2.45) is 35.5 Å². The minimum atomic E-state index is -1.10. The zero-order valence-electron chi connectivity index (χ0n) is 21.4. The number of fused-ring (bicyclic) bond motifs is 6. The SMILES string of the molecule is CC1=C[C@@H]2C[C@]3(O)[C@@H]4C[C@]5(O)C=C6C=CC(=O)OC(C)(C)[C@@H]6CC[C@H]5[C@@H]4C[C@H]4O[C@]43[C@H](C)[C@@H]2OC1=O. The number of carbonyl (C=O) groups is 2. The summed E-state index contributed by atoms with van der Waals surface area (Å²) in [7, 11) is 0. The predicted octanol–water partition coefficient (Wildman–Crippen LogP) is 3.00. The summed E-state index contributed by atoms with van der Waals surface area (Å²) in [6.45, 7) is 7.72. The molecule has 2 N–H and O–H groups in total. The Bertz CT molecular complexity index is 1150. The van der Waals surface area contributed by atoms with E-state index in [1.54, 1.807) is 6.92 Å². The van der Waals surface area contributed by atoms with Gasteiger partial charge in [-0.15, -0.1) is 0 Å². The zero-order chi connectivity index (χ0) is 25.4. The van der Waals surface area contributed by atoms with Gasteiger partial charge < -0.3 is 24.4 Å². The average molecular weight is 497 g/mol. The monoisotopic (exact) mass is 496 g/mol. The lowest BCUT2D eigenvalue weighted by Crippen LogP contribution is -2.67. The Labute approximate surface area is 211 Å². The van der Waals surface area contributed by atoms with E-state index in [1.165, 1.54) is 6.08 Å². The fourth-order valence-electron chi connectivity index (χ4n) is 9.62. The number of hydrogen-bond donors (Lipinski definition) is 2. The van der Waals surface area contributed by atoms with Gasteiger partial charge in [0.1, 0.15) is 22.9 Å². The van der Waals surface area contributed by atoms with Crippen LogP contribution in [0.1, 0.15) is 59.8 Å². The first-order valence-corrected chi connectivity index (χ1v) is 13.6. The van der Waals surface area contributed by atoms with E-state index in [9.17, 15) is 19.8 Å². The molecule has 11 atom stereocenters. The third kappa shape index (κ3) is 2.75. The topological polar surface area (TPSA) is 106 Å². The number of hydrogen-bond acceptors (Lipinski definition) is 7. The highest BCUT2D eigenvalue weighted by Crippen LogP contribution is 2.72. The van der Waals surface area contributed by atoms with Crippen LogP contribution in [0.3, 0.4) is 0 Å². The van der Waals surface area contributed by atoms with Crippen molar-refractivity contribution in [3.63, 3.8) is 0 Å². The molecular formula is C29H36O7. The molecule has 0 aromatic heterocycles. The largest absolute Gasteiger partial charge is 0.458 e. The van der Waals surface area contributed by atoms with E-state index in [2.05, 4.69) is 0 Å². The standard InChI is InChI=1S/C29H36O7/c1-14-9-17-12-28(33)21-13-27(32)11-16-5-8-23(30)36-26(3,4)19(16)6-7-20(27)18(21)10-22-29(28,35-22)15(2)24(17)34-25(14)31/h5,8-9,11,15,17-22,24,32-33H,6-7,10,12-13H2,1-4H3/t15-,17-,18+,19-,20+,21-,22-,24+,27-,28+,29-/m1/s1. The number of esters is 2. The molecule has 3 aliphatic heterocycles. The first-order valence-electron chi connectivity index (χ1n) is 13.6. The Balaban J connectivity index is 1.28. The van der Waals surface area contributed by atoms with Crippen molar-refractivity contribution >= 4 is 11.9 Å². The summed E-state index contributed by atoms with van der Waals surface area (Å²) >= 11 is 0. The summed E-state index contributed by atoms with van der Waals surface area (Å²) < 4.78 is 18.0. The smallest absolute Gasteiger partial charge is 0.333 e. The molecule has 7 heteroatoms. The van der Waals surface area contributed by atoms with Crippen LogP contribution in [0.2, 0.25) is 0 Å². The number of ether oxygens (including phenoxy) is 3. The van der Waals surface area contributed by atoms with Crippen molar-refractivity contribution in [1.82, 2.24) is 0 Å². The van der Waals surface area contributed by atoms with Crippen LogP contribution in [-0.4, -0.2) is 56.8 Å². The maximum atomic E-state index is 12.5. The van der Waals surface area contributed by atoms with Gasteiger partial charge in [-0.1, -0.05) is 19.1 Å². The quantitative estimate of drug-likeness (QED) is 0.392. The maximum absolute atomic E-state index is 12.5. The second kappa shape index (κ2) is 6.91. The van der Waals surface area contributed by atoms with Gasteiger partial charge in [-0.2, -0.15) is 0 Å². The van der Waals surface area contributed by atoms with E-state index in [0.717, 1.165) is 24.8 Å². The van der Waals surface area contributed by atoms with E-state index in [0.29, 0.717) is 18.4 Å². The van der Waals surface area contributed by atoms with Gasteiger partial charge in [0.05, 0.1) is 11.7 Å². The van der Waals surface area contributed by atoms with Crippen molar-refractivity contribution in [3.8, 4) is 0 Å². The Morgan fingerprint density at radius 2 is 1.83 bits per heavy atom. The molecule has 4 aliphatic carbocycles. The maximum Gasteiger partial charge on any atom is 0.333 e. The van der Waals surface area contributed by atoms with Gasteiger partial charge in [0.2, 0.25) is 0 Å². The lowest BCUT2D eigenvalue weighted by atomic mass is 9.52. The molecule has 3 saturated carbocycles. The molecule has 4 fully saturated rings. The molecule has 0 aromatic rings. The number of rotatable bonds is 0.